The van der Waals surface area contributed by atoms with E-state index in [9.17, 15) is 13.2 Å². The predicted molar refractivity (Wildman–Crippen MR) is 91.5 cm³/mol. The molecule has 0 radical (unpaired) electrons. The molecule has 1 aromatic rings. The fraction of sp³-hybridized carbons (Fsp3) is 0.588. The number of methoxy groups -OCH3 is 1. The van der Waals surface area contributed by atoms with Gasteiger partial charge in [0.15, 0.2) is 0 Å². The average Bonchev–Trinajstić information content (AvgIpc) is 2.80. The lowest BCUT2D eigenvalue weighted by Crippen LogP contribution is -2.42. The quantitative estimate of drug-likeness (QED) is 0.791. The summed E-state index contributed by atoms with van der Waals surface area (Å²) in [5, 5.41) is 0. The molecule has 6 nitrogen and oxygen atoms in total. The number of hydrogen-bond donors (Lipinski definition) is 1. The molecule has 0 bridgehead atoms. The number of benzene rings is 1. The fourth-order valence-corrected chi connectivity index (χ4v) is 4.39. The van der Waals surface area contributed by atoms with Gasteiger partial charge in [-0.2, -0.15) is 0 Å². The first kappa shape index (κ1) is 17.4. The Hall–Kier alpha value is -1.44. The minimum atomic E-state index is -3.55. The third-order valence-electron chi connectivity index (χ3n) is 4.87. The van der Waals surface area contributed by atoms with Crippen molar-refractivity contribution in [3.63, 3.8) is 0 Å². The SMILES string of the molecule is COCCNS(=O)(=O)c1ccc2c(c1)CC(C)N2C(=O)C1CCC1. The maximum absolute atomic E-state index is 12.6. The van der Waals surface area contributed by atoms with Gasteiger partial charge in [-0.05, 0) is 49.9 Å². The number of nitrogens with one attached hydrogen (secondary N) is 1. The molecule has 1 unspecified atom stereocenters. The van der Waals surface area contributed by atoms with Crippen LogP contribution >= 0.6 is 0 Å². The van der Waals surface area contributed by atoms with Crippen LogP contribution in [0.15, 0.2) is 23.1 Å². The second kappa shape index (κ2) is 6.82. The minimum absolute atomic E-state index is 0.0764. The molecular formula is C17H24N2O4S. The van der Waals surface area contributed by atoms with E-state index in [-0.39, 0.29) is 29.3 Å². The lowest BCUT2D eigenvalue weighted by atomic mass is 9.84. The van der Waals surface area contributed by atoms with Crippen molar-refractivity contribution in [1.82, 2.24) is 4.72 Å². The van der Waals surface area contributed by atoms with E-state index in [1.165, 1.54) is 7.11 Å². The third-order valence-corrected chi connectivity index (χ3v) is 6.33. The molecule has 1 heterocycles. The molecule has 0 aromatic heterocycles. The topological polar surface area (TPSA) is 75.7 Å². The first-order valence-corrected chi connectivity index (χ1v) is 9.87. The van der Waals surface area contributed by atoms with Gasteiger partial charge in [0.25, 0.3) is 0 Å². The highest BCUT2D eigenvalue weighted by Gasteiger charge is 2.37. The zero-order chi connectivity index (χ0) is 17.3. The first-order chi connectivity index (χ1) is 11.4. The number of anilines is 1. The number of sulfonamides is 1. The van der Waals surface area contributed by atoms with E-state index >= 15 is 0 Å². The molecule has 1 aromatic carbocycles. The molecule has 1 aliphatic carbocycles. The van der Waals surface area contributed by atoms with Gasteiger partial charge in [0.2, 0.25) is 15.9 Å². The van der Waals surface area contributed by atoms with Crippen molar-refractivity contribution in [2.24, 2.45) is 5.92 Å². The van der Waals surface area contributed by atoms with Gasteiger partial charge in [-0.1, -0.05) is 6.42 Å². The van der Waals surface area contributed by atoms with Gasteiger partial charge in [0, 0.05) is 31.3 Å². The summed E-state index contributed by atoms with van der Waals surface area (Å²) >= 11 is 0. The molecule has 1 atom stereocenters. The maximum Gasteiger partial charge on any atom is 0.240 e. The number of carbonyl (C=O) groups is 1. The highest BCUT2D eigenvalue weighted by Crippen LogP contribution is 2.38. The van der Waals surface area contributed by atoms with Gasteiger partial charge in [0.1, 0.15) is 0 Å². The largest absolute Gasteiger partial charge is 0.383 e. The lowest BCUT2D eigenvalue weighted by molar-refractivity contribution is -0.125. The summed E-state index contributed by atoms with van der Waals surface area (Å²) in [5.41, 5.74) is 1.78. The Labute approximate surface area is 143 Å². The Morgan fingerprint density at radius 1 is 1.38 bits per heavy atom. The van der Waals surface area contributed by atoms with Crippen LogP contribution in [0.5, 0.6) is 0 Å². The van der Waals surface area contributed by atoms with E-state index in [0.29, 0.717) is 13.0 Å². The van der Waals surface area contributed by atoms with Crippen LogP contribution in [0.25, 0.3) is 0 Å². The number of amides is 1. The van der Waals surface area contributed by atoms with Crippen molar-refractivity contribution in [3.05, 3.63) is 23.8 Å². The molecule has 0 spiro atoms. The van der Waals surface area contributed by atoms with Gasteiger partial charge in [-0.15, -0.1) is 0 Å². The fourth-order valence-electron chi connectivity index (χ4n) is 3.32. The Morgan fingerprint density at radius 2 is 2.12 bits per heavy atom. The number of rotatable bonds is 6. The summed E-state index contributed by atoms with van der Waals surface area (Å²) in [6.07, 6.45) is 3.74. The smallest absolute Gasteiger partial charge is 0.240 e. The summed E-state index contributed by atoms with van der Waals surface area (Å²) in [6.45, 7) is 2.57. The molecule has 1 N–H and O–H groups in total. The van der Waals surface area contributed by atoms with Crippen LogP contribution in [-0.4, -0.2) is 40.6 Å². The lowest BCUT2D eigenvalue weighted by Gasteiger charge is -2.32. The molecule has 7 heteroatoms. The normalized spacial score (nSPS) is 20.8. The molecule has 24 heavy (non-hydrogen) atoms. The summed E-state index contributed by atoms with van der Waals surface area (Å²) in [4.78, 5) is 14.7. The van der Waals surface area contributed by atoms with Crippen LogP contribution in [0.1, 0.15) is 31.7 Å². The zero-order valence-electron chi connectivity index (χ0n) is 14.1. The number of nitrogens with zero attached hydrogens (tertiary/aromatic N) is 1. The van der Waals surface area contributed by atoms with Crippen LogP contribution in [0.4, 0.5) is 5.69 Å². The van der Waals surface area contributed by atoms with E-state index in [2.05, 4.69) is 4.72 Å². The Bertz CT molecular complexity index is 728. The molecule has 132 valence electrons. The second-order valence-electron chi connectivity index (χ2n) is 6.57. The summed E-state index contributed by atoms with van der Waals surface area (Å²) in [6, 6.07) is 5.11. The molecule has 3 rings (SSSR count). The van der Waals surface area contributed by atoms with E-state index in [1.807, 2.05) is 11.8 Å². The Morgan fingerprint density at radius 3 is 2.75 bits per heavy atom. The van der Waals surface area contributed by atoms with Crippen LogP contribution in [-0.2, 0) is 26.0 Å². The van der Waals surface area contributed by atoms with E-state index in [4.69, 9.17) is 4.74 Å². The average molecular weight is 352 g/mol. The van der Waals surface area contributed by atoms with Crippen molar-refractivity contribution in [3.8, 4) is 0 Å². The van der Waals surface area contributed by atoms with E-state index in [0.717, 1.165) is 30.5 Å². The van der Waals surface area contributed by atoms with Gasteiger partial charge in [-0.3, -0.25) is 4.79 Å². The highest BCUT2D eigenvalue weighted by molar-refractivity contribution is 7.89. The van der Waals surface area contributed by atoms with E-state index in [1.54, 1.807) is 18.2 Å². The molecule has 0 saturated heterocycles. The number of carbonyl (C=O) groups excluding carboxylic acids is 1. The molecule has 1 saturated carbocycles. The van der Waals surface area contributed by atoms with Gasteiger partial charge in [-0.25, -0.2) is 13.1 Å². The molecule has 1 aliphatic heterocycles. The highest BCUT2D eigenvalue weighted by atomic mass is 32.2. The zero-order valence-corrected chi connectivity index (χ0v) is 14.9. The van der Waals surface area contributed by atoms with Gasteiger partial charge >= 0.3 is 0 Å². The molecular weight excluding hydrogens is 328 g/mol. The van der Waals surface area contributed by atoms with Crippen LogP contribution in [0, 0.1) is 5.92 Å². The summed E-state index contributed by atoms with van der Waals surface area (Å²) < 4.78 is 32.0. The van der Waals surface area contributed by atoms with E-state index < -0.39 is 10.0 Å². The molecule has 2 aliphatic rings. The van der Waals surface area contributed by atoms with Crippen molar-refractivity contribution in [1.29, 1.82) is 0 Å². The first-order valence-electron chi connectivity index (χ1n) is 8.38. The van der Waals surface area contributed by atoms with Crippen LogP contribution in [0.2, 0.25) is 0 Å². The Kier molecular flexibility index (Phi) is 4.94. The van der Waals surface area contributed by atoms with Gasteiger partial charge < -0.3 is 9.64 Å². The predicted octanol–water partition coefficient (Wildman–Crippen LogP) is 1.69. The minimum Gasteiger partial charge on any atom is -0.383 e. The maximum atomic E-state index is 12.6. The number of ether oxygens (including phenoxy) is 1. The number of fused-ring (bicyclic) bond motifs is 1. The van der Waals surface area contributed by atoms with Crippen LogP contribution in [0.3, 0.4) is 0 Å². The number of hydrogen-bond acceptors (Lipinski definition) is 4. The Balaban J connectivity index is 1.82. The van der Waals surface area contributed by atoms with Crippen molar-refractivity contribution >= 4 is 21.6 Å². The standard InChI is InChI=1S/C17H24N2O4S/c1-12-10-14-11-15(24(21,22)18-8-9-23-2)6-7-16(14)19(12)17(20)13-4-3-5-13/h6-7,11-13,18H,3-5,8-10H2,1-2H3. The van der Waals surface area contributed by atoms with Crippen LogP contribution < -0.4 is 9.62 Å². The second-order valence-corrected chi connectivity index (χ2v) is 8.34. The van der Waals surface area contributed by atoms with Crippen molar-refractivity contribution in [2.45, 2.75) is 43.5 Å². The monoisotopic (exact) mass is 352 g/mol. The molecule has 1 amide bonds. The van der Waals surface area contributed by atoms with Crippen molar-refractivity contribution in [2.75, 3.05) is 25.2 Å². The third kappa shape index (κ3) is 3.20. The van der Waals surface area contributed by atoms with Gasteiger partial charge in [0.05, 0.1) is 11.5 Å². The molecule has 1 fully saturated rings. The summed E-state index contributed by atoms with van der Waals surface area (Å²) in [5.74, 6) is 0.318. The summed E-state index contributed by atoms with van der Waals surface area (Å²) in [7, 11) is -2.03. The van der Waals surface area contributed by atoms with Crippen molar-refractivity contribution < 1.29 is 17.9 Å².